The Kier molecular flexibility index (Phi) is 3.34. The highest BCUT2D eigenvalue weighted by molar-refractivity contribution is 7.12. The number of hydrogen-bond donors (Lipinski definition) is 0. The Labute approximate surface area is 140 Å². The maximum Gasteiger partial charge on any atom is 0.347 e. The van der Waals surface area contributed by atoms with Crippen molar-refractivity contribution in [2.24, 2.45) is 11.8 Å². The second kappa shape index (κ2) is 5.17. The van der Waals surface area contributed by atoms with E-state index in [0.29, 0.717) is 23.0 Å². The van der Waals surface area contributed by atoms with Crippen molar-refractivity contribution in [3.05, 3.63) is 38.1 Å². The zero-order valence-electron chi connectivity index (χ0n) is 13.7. The fourth-order valence-corrected chi connectivity index (χ4v) is 4.64. The van der Waals surface area contributed by atoms with Crippen LogP contribution in [0.5, 0.6) is 0 Å². The molecule has 2 heterocycles. The van der Waals surface area contributed by atoms with Gasteiger partial charge in [0, 0.05) is 9.75 Å². The van der Waals surface area contributed by atoms with Crippen LogP contribution in [0.1, 0.15) is 47.9 Å². The van der Waals surface area contributed by atoms with Crippen LogP contribution in [0.25, 0.3) is 5.57 Å². The first kappa shape index (κ1) is 14.9. The largest absolute Gasteiger partial charge is 0.386 e. The van der Waals surface area contributed by atoms with E-state index in [1.807, 2.05) is 6.92 Å². The molecule has 23 heavy (non-hydrogen) atoms. The highest BCUT2D eigenvalue weighted by Crippen LogP contribution is 2.52. The zero-order valence-corrected chi connectivity index (χ0v) is 14.5. The van der Waals surface area contributed by atoms with E-state index in [-0.39, 0.29) is 0 Å². The van der Waals surface area contributed by atoms with E-state index >= 15 is 0 Å². The van der Waals surface area contributed by atoms with E-state index in [0.717, 1.165) is 36.8 Å². The van der Waals surface area contributed by atoms with Gasteiger partial charge in [-0.25, -0.2) is 9.59 Å². The van der Waals surface area contributed by atoms with Crippen LogP contribution < -0.4 is 0 Å². The van der Waals surface area contributed by atoms with Crippen LogP contribution in [0.15, 0.2) is 22.8 Å². The van der Waals surface area contributed by atoms with Crippen molar-refractivity contribution in [1.29, 1.82) is 0 Å². The van der Waals surface area contributed by atoms with Gasteiger partial charge >= 0.3 is 11.9 Å². The van der Waals surface area contributed by atoms with Crippen LogP contribution >= 0.6 is 11.3 Å². The Bertz CT molecular complexity index is 772. The Balaban J connectivity index is 1.92. The Morgan fingerprint density at radius 3 is 2.09 bits per heavy atom. The topological polar surface area (TPSA) is 43.4 Å². The van der Waals surface area contributed by atoms with Gasteiger partial charge in [0.2, 0.25) is 0 Å². The van der Waals surface area contributed by atoms with Gasteiger partial charge in [-0.05, 0) is 81.1 Å². The summed E-state index contributed by atoms with van der Waals surface area (Å²) in [7, 11) is 0. The number of ether oxygens (including phenoxy) is 1. The van der Waals surface area contributed by atoms with Gasteiger partial charge in [-0.15, -0.1) is 11.3 Å². The van der Waals surface area contributed by atoms with Crippen molar-refractivity contribution in [2.75, 3.05) is 0 Å². The minimum atomic E-state index is -0.468. The molecule has 4 rings (SSSR count). The average molecular weight is 328 g/mol. The molecular formula is C19H20O3S. The fourth-order valence-electron chi connectivity index (χ4n) is 3.66. The van der Waals surface area contributed by atoms with E-state index < -0.39 is 11.9 Å². The minimum Gasteiger partial charge on any atom is -0.386 e. The monoisotopic (exact) mass is 328 g/mol. The summed E-state index contributed by atoms with van der Waals surface area (Å²) in [5, 5.41) is 0. The lowest BCUT2D eigenvalue weighted by Gasteiger charge is -2.10. The molecule has 0 amide bonds. The molecule has 1 saturated heterocycles. The van der Waals surface area contributed by atoms with Crippen LogP contribution in [-0.2, 0) is 14.3 Å². The molecule has 3 fully saturated rings. The van der Waals surface area contributed by atoms with Gasteiger partial charge < -0.3 is 4.74 Å². The average Bonchev–Trinajstić information content (AvgIpc) is 3.38. The van der Waals surface area contributed by atoms with Crippen LogP contribution in [0.2, 0.25) is 0 Å². The first-order chi connectivity index (χ1) is 11.0. The summed E-state index contributed by atoms with van der Waals surface area (Å²) in [5.74, 6) is 0.0837. The normalized spacial score (nSPS) is 23.3. The summed E-state index contributed by atoms with van der Waals surface area (Å²) < 4.78 is 5.02. The van der Waals surface area contributed by atoms with Gasteiger partial charge in [0.1, 0.15) is 0 Å². The predicted molar refractivity (Wildman–Crippen MR) is 90.0 cm³/mol. The van der Waals surface area contributed by atoms with Crippen molar-refractivity contribution >= 4 is 28.8 Å². The number of esters is 2. The molecule has 0 bridgehead atoms. The molecule has 120 valence electrons. The molecule has 0 N–H and O–H groups in total. The van der Waals surface area contributed by atoms with E-state index in [4.69, 9.17) is 4.74 Å². The number of cyclic esters (lactones) is 2. The molecule has 2 aliphatic carbocycles. The summed E-state index contributed by atoms with van der Waals surface area (Å²) in [5.41, 5.74) is 4.28. The van der Waals surface area contributed by atoms with Gasteiger partial charge in [0.15, 0.2) is 0 Å². The maximum atomic E-state index is 12.4. The number of rotatable bonds is 3. The molecule has 2 saturated carbocycles. The molecule has 0 spiro atoms. The van der Waals surface area contributed by atoms with E-state index in [2.05, 4.69) is 19.9 Å². The van der Waals surface area contributed by atoms with Crippen molar-refractivity contribution in [3.8, 4) is 0 Å². The molecule has 0 unspecified atom stereocenters. The lowest BCUT2D eigenvalue weighted by molar-refractivity contribution is -0.149. The molecule has 3 nitrogen and oxygen atoms in total. The van der Waals surface area contributed by atoms with Gasteiger partial charge in [-0.1, -0.05) is 0 Å². The van der Waals surface area contributed by atoms with E-state index in [9.17, 15) is 9.59 Å². The molecule has 4 heteroatoms. The second-order valence-corrected chi connectivity index (χ2v) is 8.34. The van der Waals surface area contributed by atoms with Crippen molar-refractivity contribution < 1.29 is 14.3 Å². The zero-order chi connectivity index (χ0) is 16.3. The smallest absolute Gasteiger partial charge is 0.347 e. The van der Waals surface area contributed by atoms with E-state index in [1.165, 1.54) is 15.3 Å². The summed E-state index contributed by atoms with van der Waals surface area (Å²) in [4.78, 5) is 27.2. The third-order valence-electron chi connectivity index (χ3n) is 4.99. The number of carbonyl (C=O) groups excluding carboxylic acids is 2. The summed E-state index contributed by atoms with van der Waals surface area (Å²) in [6.07, 6.45) is 4.55. The SMILES string of the molecule is C/C(=C1/C(=O)OC(=O)C1=C(C1CC1)C1CC1)c1cc(C)sc1C. The Morgan fingerprint density at radius 1 is 1.04 bits per heavy atom. The number of carbonyl (C=O) groups is 2. The highest BCUT2D eigenvalue weighted by atomic mass is 32.1. The minimum absolute atomic E-state index is 0.428. The van der Waals surface area contributed by atoms with Gasteiger partial charge in [0.25, 0.3) is 0 Å². The third-order valence-corrected chi connectivity index (χ3v) is 5.95. The van der Waals surface area contributed by atoms with E-state index in [1.54, 1.807) is 11.3 Å². The second-order valence-electron chi connectivity index (χ2n) is 6.88. The van der Waals surface area contributed by atoms with Crippen LogP contribution in [0.4, 0.5) is 0 Å². The molecule has 1 aliphatic heterocycles. The van der Waals surface area contributed by atoms with Gasteiger partial charge in [-0.3, -0.25) is 0 Å². The first-order valence-electron chi connectivity index (χ1n) is 8.26. The molecular weight excluding hydrogens is 308 g/mol. The van der Waals surface area contributed by atoms with Crippen molar-refractivity contribution in [2.45, 2.75) is 46.5 Å². The maximum absolute atomic E-state index is 12.4. The Hall–Kier alpha value is -1.68. The number of allylic oxidation sites excluding steroid dienone is 2. The lowest BCUT2D eigenvalue weighted by Crippen LogP contribution is -2.05. The standard InChI is InChI=1S/C19H20O3S/c1-9-8-14(11(3)23-9)10(2)15-17(19(21)22-18(15)20)16(12-4-5-12)13-6-7-13/h8,12-13H,4-7H2,1-3H3/b15-10-. The molecule has 1 aromatic heterocycles. The first-order valence-corrected chi connectivity index (χ1v) is 9.08. The summed E-state index contributed by atoms with van der Waals surface area (Å²) >= 11 is 1.72. The molecule has 3 aliphatic rings. The van der Waals surface area contributed by atoms with Crippen molar-refractivity contribution in [3.63, 3.8) is 0 Å². The highest BCUT2D eigenvalue weighted by Gasteiger charge is 2.46. The number of hydrogen-bond acceptors (Lipinski definition) is 4. The molecule has 0 atom stereocenters. The third kappa shape index (κ3) is 2.49. The Morgan fingerprint density at radius 2 is 1.61 bits per heavy atom. The quantitative estimate of drug-likeness (QED) is 0.471. The lowest BCUT2D eigenvalue weighted by atomic mass is 9.90. The summed E-state index contributed by atoms with van der Waals surface area (Å²) in [6, 6.07) is 2.10. The predicted octanol–water partition coefficient (Wildman–Crippen LogP) is 4.34. The fraction of sp³-hybridized carbons (Fsp3) is 0.474. The van der Waals surface area contributed by atoms with Crippen LogP contribution in [0.3, 0.4) is 0 Å². The molecule has 1 aromatic rings. The van der Waals surface area contributed by atoms with Crippen LogP contribution in [0, 0.1) is 25.7 Å². The number of thiophene rings is 1. The number of aryl methyl sites for hydroxylation is 2. The van der Waals surface area contributed by atoms with Crippen molar-refractivity contribution in [1.82, 2.24) is 0 Å². The molecule has 0 radical (unpaired) electrons. The van der Waals surface area contributed by atoms with Gasteiger partial charge in [0.05, 0.1) is 11.1 Å². The summed E-state index contributed by atoms with van der Waals surface area (Å²) in [6.45, 7) is 6.07. The van der Waals surface area contributed by atoms with Crippen LogP contribution in [-0.4, -0.2) is 11.9 Å². The molecule has 0 aromatic carbocycles. The van der Waals surface area contributed by atoms with Gasteiger partial charge in [-0.2, -0.15) is 0 Å².